The highest BCUT2D eigenvalue weighted by Crippen LogP contribution is 2.30. The van der Waals surface area contributed by atoms with Gasteiger partial charge in [-0.15, -0.1) is 0 Å². The topological polar surface area (TPSA) is 58.6 Å². The van der Waals surface area contributed by atoms with Crippen molar-refractivity contribution in [1.29, 1.82) is 0 Å². The average Bonchev–Trinajstić information content (AvgIpc) is 2.34. The molecule has 0 heterocycles. The summed E-state index contributed by atoms with van der Waals surface area (Å²) in [6, 6.07) is 7.06. The van der Waals surface area contributed by atoms with E-state index >= 15 is 0 Å². The van der Waals surface area contributed by atoms with Crippen LogP contribution in [0.2, 0.25) is 0 Å². The molecule has 1 aromatic rings. The normalized spacial score (nSPS) is 16.8. The predicted molar refractivity (Wildman–Crippen MR) is 68.7 cm³/mol. The molecular formula is C14H19NO3. The van der Waals surface area contributed by atoms with Gasteiger partial charge in [0, 0.05) is 12.1 Å². The third kappa shape index (κ3) is 3.01. The first-order valence-electron chi connectivity index (χ1n) is 6.36. The lowest BCUT2D eigenvalue weighted by molar-refractivity contribution is -0.0300. The number of aliphatic hydroxyl groups is 1. The molecule has 1 saturated carbocycles. The fraction of sp³-hybridized carbons (Fsp3) is 0.500. The van der Waals surface area contributed by atoms with Crippen LogP contribution < -0.4 is 10.1 Å². The van der Waals surface area contributed by atoms with Crippen LogP contribution in [-0.4, -0.2) is 29.8 Å². The van der Waals surface area contributed by atoms with Crippen molar-refractivity contribution < 1.29 is 14.6 Å². The Balaban J connectivity index is 1.93. The van der Waals surface area contributed by atoms with Crippen LogP contribution in [0.3, 0.4) is 0 Å². The number of amides is 1. The highest BCUT2D eigenvalue weighted by molar-refractivity contribution is 5.94. The van der Waals surface area contributed by atoms with Crippen LogP contribution in [0.5, 0.6) is 5.75 Å². The Hall–Kier alpha value is -1.55. The Morgan fingerprint density at radius 2 is 2.28 bits per heavy atom. The van der Waals surface area contributed by atoms with Crippen LogP contribution in [-0.2, 0) is 0 Å². The van der Waals surface area contributed by atoms with Crippen molar-refractivity contribution in [2.24, 2.45) is 0 Å². The third-order valence-corrected chi connectivity index (χ3v) is 3.27. The first-order chi connectivity index (χ1) is 8.63. The third-order valence-electron chi connectivity index (χ3n) is 3.27. The Kier molecular flexibility index (Phi) is 3.87. The molecule has 1 aromatic carbocycles. The quantitative estimate of drug-likeness (QED) is 0.835. The molecule has 0 aromatic heterocycles. The zero-order valence-corrected chi connectivity index (χ0v) is 10.6. The van der Waals surface area contributed by atoms with Crippen molar-refractivity contribution in [3.05, 3.63) is 29.8 Å². The minimum Gasteiger partial charge on any atom is -0.494 e. The van der Waals surface area contributed by atoms with E-state index in [-0.39, 0.29) is 5.91 Å². The second-order valence-electron chi connectivity index (χ2n) is 4.72. The maximum Gasteiger partial charge on any atom is 0.251 e. The summed E-state index contributed by atoms with van der Waals surface area (Å²) >= 11 is 0. The van der Waals surface area contributed by atoms with Crippen molar-refractivity contribution in [2.75, 3.05) is 13.2 Å². The van der Waals surface area contributed by atoms with Gasteiger partial charge in [0.15, 0.2) is 0 Å². The lowest BCUT2D eigenvalue weighted by Gasteiger charge is -2.36. The number of rotatable bonds is 5. The second-order valence-corrected chi connectivity index (χ2v) is 4.72. The van der Waals surface area contributed by atoms with Gasteiger partial charge in [0.1, 0.15) is 5.75 Å². The Morgan fingerprint density at radius 3 is 2.89 bits per heavy atom. The Labute approximate surface area is 107 Å². The smallest absolute Gasteiger partial charge is 0.251 e. The zero-order valence-electron chi connectivity index (χ0n) is 10.6. The molecular weight excluding hydrogens is 230 g/mol. The van der Waals surface area contributed by atoms with Crippen molar-refractivity contribution in [3.8, 4) is 5.75 Å². The summed E-state index contributed by atoms with van der Waals surface area (Å²) in [6.45, 7) is 2.80. The van der Waals surface area contributed by atoms with Crippen LogP contribution >= 0.6 is 0 Å². The van der Waals surface area contributed by atoms with E-state index in [1.54, 1.807) is 18.2 Å². The molecule has 2 N–H and O–H groups in total. The van der Waals surface area contributed by atoms with E-state index in [2.05, 4.69) is 5.32 Å². The number of hydrogen-bond donors (Lipinski definition) is 2. The van der Waals surface area contributed by atoms with Gasteiger partial charge in [-0.25, -0.2) is 0 Å². The zero-order chi connectivity index (χ0) is 13.0. The SMILES string of the molecule is CCOc1cccc(C(=O)NCC2(O)CCC2)c1. The van der Waals surface area contributed by atoms with E-state index in [9.17, 15) is 9.90 Å². The van der Waals surface area contributed by atoms with Crippen LogP contribution in [0.1, 0.15) is 36.5 Å². The molecule has 0 bridgehead atoms. The van der Waals surface area contributed by atoms with Gasteiger partial charge in [0.2, 0.25) is 0 Å². The van der Waals surface area contributed by atoms with Crippen molar-refractivity contribution in [1.82, 2.24) is 5.32 Å². The first kappa shape index (κ1) is 12.9. The maximum atomic E-state index is 11.9. The number of carbonyl (C=O) groups is 1. The molecule has 0 radical (unpaired) electrons. The van der Waals surface area contributed by atoms with Gasteiger partial charge < -0.3 is 15.2 Å². The van der Waals surface area contributed by atoms with Crippen LogP contribution in [0, 0.1) is 0 Å². The molecule has 0 saturated heterocycles. The first-order valence-corrected chi connectivity index (χ1v) is 6.36. The monoisotopic (exact) mass is 249 g/mol. The van der Waals surface area contributed by atoms with Crippen molar-refractivity contribution >= 4 is 5.91 Å². The number of hydrogen-bond acceptors (Lipinski definition) is 3. The van der Waals surface area contributed by atoms with Gasteiger partial charge in [-0.2, -0.15) is 0 Å². The molecule has 1 amide bonds. The van der Waals surface area contributed by atoms with Gasteiger partial charge in [0.05, 0.1) is 12.2 Å². The van der Waals surface area contributed by atoms with Crippen LogP contribution in [0.15, 0.2) is 24.3 Å². The van der Waals surface area contributed by atoms with Crippen LogP contribution in [0.25, 0.3) is 0 Å². The van der Waals surface area contributed by atoms with Gasteiger partial charge in [-0.05, 0) is 44.4 Å². The van der Waals surface area contributed by atoms with E-state index in [4.69, 9.17) is 4.74 Å². The molecule has 1 fully saturated rings. The summed E-state index contributed by atoms with van der Waals surface area (Å²) in [7, 11) is 0. The molecule has 0 aliphatic heterocycles. The Morgan fingerprint density at radius 1 is 1.50 bits per heavy atom. The highest BCUT2D eigenvalue weighted by atomic mass is 16.5. The van der Waals surface area contributed by atoms with E-state index in [0.29, 0.717) is 24.5 Å². The molecule has 0 atom stereocenters. The molecule has 4 nitrogen and oxygen atoms in total. The second kappa shape index (κ2) is 5.40. The van der Waals surface area contributed by atoms with E-state index in [1.165, 1.54) is 0 Å². The minimum atomic E-state index is -0.687. The van der Waals surface area contributed by atoms with Gasteiger partial charge in [-0.1, -0.05) is 6.07 Å². The molecule has 18 heavy (non-hydrogen) atoms. The molecule has 4 heteroatoms. The molecule has 0 spiro atoms. The van der Waals surface area contributed by atoms with Crippen molar-refractivity contribution in [3.63, 3.8) is 0 Å². The van der Waals surface area contributed by atoms with Gasteiger partial charge in [-0.3, -0.25) is 4.79 Å². The number of ether oxygens (including phenoxy) is 1. The average molecular weight is 249 g/mol. The highest BCUT2D eigenvalue weighted by Gasteiger charge is 2.34. The van der Waals surface area contributed by atoms with E-state index in [0.717, 1.165) is 19.3 Å². The number of nitrogens with one attached hydrogen (secondary N) is 1. The molecule has 1 aliphatic rings. The predicted octanol–water partition coefficient (Wildman–Crippen LogP) is 1.73. The molecule has 98 valence electrons. The summed E-state index contributed by atoms with van der Waals surface area (Å²) < 4.78 is 5.35. The number of carbonyl (C=O) groups excluding carboxylic acids is 1. The van der Waals surface area contributed by atoms with E-state index < -0.39 is 5.60 Å². The summed E-state index contributed by atoms with van der Waals surface area (Å²) in [5.41, 5.74) is -0.128. The summed E-state index contributed by atoms with van der Waals surface area (Å²) in [5.74, 6) is 0.518. The van der Waals surface area contributed by atoms with Crippen molar-refractivity contribution in [2.45, 2.75) is 31.8 Å². The largest absolute Gasteiger partial charge is 0.494 e. The maximum absolute atomic E-state index is 11.9. The molecule has 2 rings (SSSR count). The van der Waals surface area contributed by atoms with Crippen LogP contribution in [0.4, 0.5) is 0 Å². The lowest BCUT2D eigenvalue weighted by Crippen LogP contribution is -2.47. The summed E-state index contributed by atoms with van der Waals surface area (Å²) in [6.07, 6.45) is 2.57. The Bertz CT molecular complexity index is 427. The molecule has 1 aliphatic carbocycles. The standard InChI is InChI=1S/C14H19NO3/c1-2-18-12-6-3-5-11(9-12)13(16)15-10-14(17)7-4-8-14/h3,5-6,9,17H,2,4,7-8,10H2,1H3,(H,15,16). The lowest BCUT2D eigenvalue weighted by atomic mass is 9.80. The fourth-order valence-corrected chi connectivity index (χ4v) is 2.00. The van der Waals surface area contributed by atoms with Gasteiger partial charge in [0.25, 0.3) is 5.91 Å². The molecule has 0 unspecified atom stereocenters. The van der Waals surface area contributed by atoms with Gasteiger partial charge >= 0.3 is 0 Å². The van der Waals surface area contributed by atoms with E-state index in [1.807, 2.05) is 13.0 Å². The summed E-state index contributed by atoms with van der Waals surface area (Å²) in [5, 5.41) is 12.7. The minimum absolute atomic E-state index is 0.170. The number of benzene rings is 1. The fourth-order valence-electron chi connectivity index (χ4n) is 2.00. The summed E-state index contributed by atoms with van der Waals surface area (Å²) in [4.78, 5) is 11.9.